The molecular weight excluding hydrogens is 496 g/mol. The molecule has 3 nitrogen and oxygen atoms in total. The first kappa shape index (κ1) is 18.3. The Labute approximate surface area is 177 Å². The largest absolute Gasteiger partial charge is 0.338 e. The highest BCUT2D eigenvalue weighted by Crippen LogP contribution is 2.34. The number of halogens is 2. The van der Waals surface area contributed by atoms with Gasteiger partial charge in [0.15, 0.2) is 0 Å². The molecule has 3 heterocycles. The van der Waals surface area contributed by atoms with Gasteiger partial charge in [-0.05, 0) is 52.4 Å². The van der Waals surface area contributed by atoms with Gasteiger partial charge in [0.1, 0.15) is 4.88 Å². The number of nitrogens with zero attached hydrogens (tertiary/aromatic N) is 2. The number of piperidine rings is 1. The van der Waals surface area contributed by atoms with Crippen molar-refractivity contribution in [3.63, 3.8) is 0 Å². The van der Waals surface area contributed by atoms with E-state index in [9.17, 15) is 4.79 Å². The smallest absolute Gasteiger partial charge is 0.265 e. The summed E-state index contributed by atoms with van der Waals surface area (Å²) >= 11 is 10.2. The Hall–Kier alpha value is -1.02. The predicted octanol–water partition coefficient (Wildman–Crippen LogP) is 6.42. The number of carbonyl (C=O) groups is 1. The first-order valence-corrected chi connectivity index (χ1v) is 11.7. The molecule has 4 rings (SSSR count). The molecule has 0 radical (unpaired) electrons. The highest BCUT2D eigenvalue weighted by atomic mass is 79.9. The van der Waals surface area contributed by atoms with Gasteiger partial charge in [0.2, 0.25) is 0 Å². The summed E-state index contributed by atoms with van der Waals surface area (Å²) in [4.78, 5) is 20.3. The minimum absolute atomic E-state index is 0.138. The Morgan fingerprint density at radius 1 is 1.15 bits per heavy atom. The molecule has 26 heavy (non-hydrogen) atoms. The van der Waals surface area contributed by atoms with Gasteiger partial charge in [-0.25, -0.2) is 4.98 Å². The van der Waals surface area contributed by atoms with E-state index in [-0.39, 0.29) is 5.91 Å². The van der Waals surface area contributed by atoms with Crippen LogP contribution in [0, 0.1) is 0 Å². The lowest BCUT2D eigenvalue weighted by molar-refractivity contribution is 0.0717. The van der Waals surface area contributed by atoms with Gasteiger partial charge in [-0.15, -0.1) is 22.7 Å². The topological polar surface area (TPSA) is 33.2 Å². The van der Waals surface area contributed by atoms with Crippen molar-refractivity contribution in [2.24, 2.45) is 0 Å². The number of likely N-dealkylation sites (tertiary alicyclic amines) is 1. The Kier molecular flexibility index (Phi) is 5.59. The molecule has 134 valence electrons. The van der Waals surface area contributed by atoms with E-state index in [1.165, 1.54) is 16.3 Å². The van der Waals surface area contributed by atoms with Crippen molar-refractivity contribution in [1.29, 1.82) is 0 Å². The molecular formula is C19H16Br2N2OS2. The minimum Gasteiger partial charge on any atom is -0.338 e. The van der Waals surface area contributed by atoms with Gasteiger partial charge in [0, 0.05) is 38.9 Å². The van der Waals surface area contributed by atoms with Gasteiger partial charge in [0.25, 0.3) is 5.91 Å². The molecule has 1 saturated heterocycles. The zero-order valence-electron chi connectivity index (χ0n) is 13.8. The fraction of sp³-hybridized carbons (Fsp3) is 0.263. The van der Waals surface area contributed by atoms with E-state index in [1.807, 2.05) is 28.5 Å². The summed E-state index contributed by atoms with van der Waals surface area (Å²) in [6.45, 7) is 1.58. The van der Waals surface area contributed by atoms with Gasteiger partial charge in [-0.1, -0.05) is 28.1 Å². The van der Waals surface area contributed by atoms with Crippen LogP contribution in [0.2, 0.25) is 0 Å². The lowest BCUT2D eigenvalue weighted by Crippen LogP contribution is -2.37. The summed E-state index contributed by atoms with van der Waals surface area (Å²) in [6.07, 6.45) is 1.94. The van der Waals surface area contributed by atoms with Crippen LogP contribution in [0.15, 0.2) is 50.0 Å². The van der Waals surface area contributed by atoms with E-state index in [0.29, 0.717) is 5.92 Å². The maximum atomic E-state index is 12.6. The standard InChI is InChI=1S/C19H16Br2N2OS2/c20-14-3-1-2-13(10-14)16-11-26-18(22-16)12-4-7-23(8-5-12)19(24)17-15(21)6-9-25-17/h1-3,6,9-12H,4-5,7-8H2. The zero-order valence-corrected chi connectivity index (χ0v) is 18.6. The van der Waals surface area contributed by atoms with Crippen LogP contribution in [-0.2, 0) is 0 Å². The Morgan fingerprint density at radius 3 is 2.65 bits per heavy atom. The third-order valence-electron chi connectivity index (χ3n) is 4.59. The molecule has 0 atom stereocenters. The van der Waals surface area contributed by atoms with E-state index in [2.05, 4.69) is 49.4 Å². The van der Waals surface area contributed by atoms with Crippen LogP contribution in [0.5, 0.6) is 0 Å². The number of carbonyl (C=O) groups excluding carboxylic acids is 1. The summed E-state index contributed by atoms with van der Waals surface area (Å²) in [5, 5.41) is 5.27. The van der Waals surface area contributed by atoms with Crippen molar-refractivity contribution < 1.29 is 4.79 Å². The van der Waals surface area contributed by atoms with Crippen LogP contribution in [0.4, 0.5) is 0 Å². The quantitative estimate of drug-likeness (QED) is 0.406. The summed E-state index contributed by atoms with van der Waals surface area (Å²) < 4.78 is 1.96. The van der Waals surface area contributed by atoms with Crippen LogP contribution in [0.1, 0.15) is 33.4 Å². The van der Waals surface area contributed by atoms with Crippen molar-refractivity contribution in [2.75, 3.05) is 13.1 Å². The number of thiophene rings is 1. The first-order chi connectivity index (χ1) is 12.6. The van der Waals surface area contributed by atoms with Crippen molar-refractivity contribution in [2.45, 2.75) is 18.8 Å². The number of hydrogen-bond acceptors (Lipinski definition) is 4. The number of amides is 1. The second-order valence-corrected chi connectivity index (χ2v) is 9.82. The Bertz CT molecular complexity index is 929. The van der Waals surface area contributed by atoms with E-state index in [4.69, 9.17) is 4.98 Å². The average molecular weight is 512 g/mol. The van der Waals surface area contributed by atoms with Gasteiger partial charge in [0.05, 0.1) is 10.7 Å². The number of aromatic nitrogens is 1. The highest BCUT2D eigenvalue weighted by molar-refractivity contribution is 9.10. The monoisotopic (exact) mass is 510 g/mol. The maximum absolute atomic E-state index is 12.6. The maximum Gasteiger partial charge on any atom is 0.265 e. The Balaban J connectivity index is 1.42. The molecule has 7 heteroatoms. The summed E-state index contributed by atoms with van der Waals surface area (Å²) in [7, 11) is 0. The van der Waals surface area contributed by atoms with Crippen LogP contribution >= 0.6 is 54.5 Å². The molecule has 3 aromatic rings. The third kappa shape index (κ3) is 3.81. The van der Waals surface area contributed by atoms with Crippen LogP contribution in [0.3, 0.4) is 0 Å². The van der Waals surface area contributed by atoms with Gasteiger partial charge in [-0.2, -0.15) is 0 Å². The minimum atomic E-state index is 0.138. The van der Waals surface area contributed by atoms with Crippen molar-refractivity contribution in [3.05, 3.63) is 59.9 Å². The van der Waals surface area contributed by atoms with Crippen LogP contribution < -0.4 is 0 Å². The van der Waals surface area contributed by atoms with Crippen molar-refractivity contribution in [3.8, 4) is 11.3 Å². The number of benzene rings is 1. The van der Waals surface area contributed by atoms with Crippen molar-refractivity contribution >= 4 is 60.4 Å². The van der Waals surface area contributed by atoms with Crippen LogP contribution in [0.25, 0.3) is 11.3 Å². The molecule has 0 N–H and O–H groups in total. The van der Waals surface area contributed by atoms with Gasteiger partial charge >= 0.3 is 0 Å². The second-order valence-electron chi connectivity index (χ2n) is 6.25. The molecule has 0 saturated carbocycles. The fourth-order valence-electron chi connectivity index (χ4n) is 3.17. The zero-order chi connectivity index (χ0) is 18.1. The number of thiazole rings is 1. The normalized spacial score (nSPS) is 15.4. The molecule has 1 aliphatic rings. The van der Waals surface area contributed by atoms with E-state index in [0.717, 1.165) is 51.0 Å². The Morgan fingerprint density at radius 2 is 1.96 bits per heavy atom. The molecule has 0 aliphatic carbocycles. The first-order valence-electron chi connectivity index (χ1n) is 8.35. The molecule has 0 bridgehead atoms. The van der Waals surface area contributed by atoms with E-state index < -0.39 is 0 Å². The molecule has 1 aliphatic heterocycles. The average Bonchev–Trinajstić information content (AvgIpc) is 3.30. The number of hydrogen-bond donors (Lipinski definition) is 0. The summed E-state index contributed by atoms with van der Waals surface area (Å²) in [5.74, 6) is 0.580. The van der Waals surface area contributed by atoms with Gasteiger partial charge < -0.3 is 4.90 Å². The molecule has 1 fully saturated rings. The van der Waals surface area contributed by atoms with E-state index >= 15 is 0 Å². The molecule has 1 amide bonds. The van der Waals surface area contributed by atoms with Crippen molar-refractivity contribution in [1.82, 2.24) is 9.88 Å². The molecule has 1 aromatic carbocycles. The second kappa shape index (κ2) is 7.92. The fourth-order valence-corrected chi connectivity index (χ4v) is 6.08. The summed E-state index contributed by atoms with van der Waals surface area (Å²) in [5.41, 5.74) is 2.17. The number of rotatable bonds is 3. The lowest BCUT2D eigenvalue weighted by Gasteiger charge is -2.31. The third-order valence-corrected chi connectivity index (χ3v) is 7.91. The predicted molar refractivity (Wildman–Crippen MR) is 115 cm³/mol. The van der Waals surface area contributed by atoms with Crippen LogP contribution in [-0.4, -0.2) is 28.9 Å². The SMILES string of the molecule is O=C(c1sccc1Br)N1CCC(c2nc(-c3cccc(Br)c3)cs2)CC1. The highest BCUT2D eigenvalue weighted by Gasteiger charge is 2.27. The molecule has 0 spiro atoms. The molecule has 0 unspecified atom stereocenters. The molecule has 2 aromatic heterocycles. The van der Waals surface area contributed by atoms with Gasteiger partial charge in [-0.3, -0.25) is 4.79 Å². The van der Waals surface area contributed by atoms with E-state index in [1.54, 1.807) is 11.3 Å². The summed E-state index contributed by atoms with van der Waals surface area (Å²) in [6, 6.07) is 10.2. The lowest BCUT2D eigenvalue weighted by atomic mass is 9.97.